The molecule has 5 atom stereocenters. The van der Waals surface area contributed by atoms with Crippen LogP contribution in [0, 0.1) is 6.92 Å². The third-order valence-electron chi connectivity index (χ3n) is 4.50. The second-order valence-electron chi connectivity index (χ2n) is 6.36. The predicted octanol–water partition coefficient (Wildman–Crippen LogP) is -1.73. The molecule has 1 unspecified atom stereocenters. The molecule has 14 nitrogen and oxygen atoms in total. The summed E-state index contributed by atoms with van der Waals surface area (Å²) in [5.74, 6) is -0.720. The minimum atomic E-state index is -4.28. The standard InChI is InChI=1S/C14H18N7O7P/c1-6-16-2-3-21(6)29(25,26)27-4-7-9(22)10(23)13(28-7)20-5-17-8-11(20)18-14(15)19-12(8)24/h2-3,5,7,9-10,13,22-23H,4H2,1H3,(H,25,26)(H3,15,18,19,24)/p-1/t7-,9-,10-,13-/m1/s1. The minimum absolute atomic E-state index is 0.0159. The Bertz CT molecular complexity index is 1100. The molecule has 3 aromatic heterocycles. The Morgan fingerprint density at radius 1 is 1.34 bits per heavy atom. The lowest BCUT2D eigenvalue weighted by molar-refractivity contribution is -0.272. The lowest BCUT2D eigenvalue weighted by Crippen LogP contribution is -2.33. The number of anilines is 1. The average molecular weight is 426 g/mol. The van der Waals surface area contributed by atoms with Gasteiger partial charge in [-0.05, 0) is 6.92 Å². The van der Waals surface area contributed by atoms with Gasteiger partial charge in [0, 0.05) is 18.3 Å². The van der Waals surface area contributed by atoms with E-state index in [2.05, 4.69) is 19.9 Å². The minimum Gasteiger partial charge on any atom is -0.857 e. The van der Waals surface area contributed by atoms with E-state index in [4.69, 9.17) is 15.0 Å². The van der Waals surface area contributed by atoms with Crippen LogP contribution < -0.4 is 10.8 Å². The topological polar surface area (TPSA) is 207 Å². The van der Waals surface area contributed by atoms with Gasteiger partial charge in [-0.3, -0.25) is 9.09 Å². The Balaban J connectivity index is 1.55. The molecule has 4 heterocycles. The molecule has 1 aliphatic heterocycles. The Morgan fingerprint density at radius 3 is 2.79 bits per heavy atom. The van der Waals surface area contributed by atoms with E-state index in [1.54, 1.807) is 0 Å². The fourth-order valence-corrected chi connectivity index (χ4v) is 4.17. The summed E-state index contributed by atoms with van der Waals surface area (Å²) in [6.45, 7) is 1.02. The van der Waals surface area contributed by atoms with Crippen LogP contribution in [0.2, 0.25) is 0 Å². The van der Waals surface area contributed by atoms with E-state index < -0.39 is 44.8 Å². The van der Waals surface area contributed by atoms with Crippen LogP contribution in [0.5, 0.6) is 5.88 Å². The largest absolute Gasteiger partial charge is 0.857 e. The highest BCUT2D eigenvalue weighted by Crippen LogP contribution is 2.45. The molecule has 3 aromatic rings. The number of hydrogen-bond acceptors (Lipinski definition) is 11. The first-order chi connectivity index (χ1) is 13.7. The Hall–Kier alpha value is -2.61. The van der Waals surface area contributed by atoms with E-state index >= 15 is 0 Å². The molecule has 0 aliphatic carbocycles. The summed E-state index contributed by atoms with van der Waals surface area (Å²) in [5.41, 5.74) is 5.42. The van der Waals surface area contributed by atoms with Gasteiger partial charge in [-0.25, -0.2) is 23.9 Å². The molecule has 0 aromatic carbocycles. The van der Waals surface area contributed by atoms with Crippen molar-refractivity contribution in [2.24, 2.45) is 0 Å². The molecule has 0 amide bonds. The van der Waals surface area contributed by atoms with Crippen LogP contribution in [0.4, 0.5) is 5.95 Å². The molecule has 0 spiro atoms. The van der Waals surface area contributed by atoms with Crippen molar-refractivity contribution in [1.29, 1.82) is 0 Å². The highest BCUT2D eigenvalue weighted by Gasteiger charge is 2.45. The van der Waals surface area contributed by atoms with Crippen LogP contribution in [0.1, 0.15) is 12.1 Å². The van der Waals surface area contributed by atoms with Gasteiger partial charge in [0.25, 0.3) is 0 Å². The van der Waals surface area contributed by atoms with Crippen LogP contribution >= 0.6 is 7.75 Å². The normalized spacial score (nSPS) is 26.8. The van der Waals surface area contributed by atoms with Crippen LogP contribution in [0.15, 0.2) is 18.7 Å². The third-order valence-corrected chi connectivity index (χ3v) is 5.95. The lowest BCUT2D eigenvalue weighted by atomic mass is 10.1. The van der Waals surface area contributed by atoms with Crippen LogP contribution in [-0.2, 0) is 13.8 Å². The number of fused-ring (bicyclic) bond motifs is 1. The molecule has 5 N–H and O–H groups in total. The molecule has 156 valence electrons. The molecule has 0 radical (unpaired) electrons. The second kappa shape index (κ2) is 7.02. The Labute approximate surface area is 162 Å². The van der Waals surface area contributed by atoms with Crippen molar-refractivity contribution >= 4 is 24.9 Å². The molecule has 29 heavy (non-hydrogen) atoms. The average Bonchev–Trinajstić information content (AvgIpc) is 3.33. The maximum Gasteiger partial charge on any atom is 0.437 e. The SMILES string of the molecule is Cc1nccn1P(=O)(O)OC[C@H]1O[C@@H](n2cnc3c([O-])nc(N)nc32)[C@H](O)[C@@H]1O. The fourth-order valence-electron chi connectivity index (χ4n) is 3.06. The highest BCUT2D eigenvalue weighted by atomic mass is 31.2. The summed E-state index contributed by atoms with van der Waals surface area (Å²) < 4.78 is 25.2. The summed E-state index contributed by atoms with van der Waals surface area (Å²) in [4.78, 5) is 25.2. The molecule has 15 heteroatoms. The number of ether oxygens (including phenoxy) is 1. The third kappa shape index (κ3) is 3.35. The number of aliphatic hydroxyl groups is 2. The van der Waals surface area contributed by atoms with E-state index in [9.17, 15) is 24.8 Å². The van der Waals surface area contributed by atoms with Crippen molar-refractivity contribution in [3.63, 3.8) is 0 Å². The van der Waals surface area contributed by atoms with Crippen LogP contribution in [0.3, 0.4) is 0 Å². The monoisotopic (exact) mass is 426 g/mol. The number of imidazole rings is 2. The van der Waals surface area contributed by atoms with Gasteiger partial charge in [0.05, 0.1) is 12.9 Å². The van der Waals surface area contributed by atoms with Gasteiger partial charge in [-0.1, -0.05) is 0 Å². The first-order valence-electron chi connectivity index (χ1n) is 8.36. The quantitative estimate of drug-likeness (QED) is 0.336. The molecule has 0 bridgehead atoms. The molecule has 1 saturated heterocycles. The summed E-state index contributed by atoms with van der Waals surface area (Å²) >= 11 is 0. The number of hydrogen-bond donors (Lipinski definition) is 4. The van der Waals surface area contributed by atoms with Gasteiger partial charge in [-0.15, -0.1) is 0 Å². The zero-order valence-corrected chi connectivity index (χ0v) is 15.8. The van der Waals surface area contributed by atoms with Gasteiger partial charge >= 0.3 is 7.75 Å². The molecular weight excluding hydrogens is 409 g/mol. The van der Waals surface area contributed by atoms with Gasteiger partial charge in [0.2, 0.25) is 5.95 Å². The van der Waals surface area contributed by atoms with E-state index in [0.29, 0.717) is 0 Å². The second-order valence-corrected chi connectivity index (χ2v) is 8.03. The van der Waals surface area contributed by atoms with Gasteiger partial charge in [-0.2, -0.15) is 4.98 Å². The van der Waals surface area contributed by atoms with Crippen LogP contribution in [0.25, 0.3) is 11.2 Å². The smallest absolute Gasteiger partial charge is 0.437 e. The first kappa shape index (κ1) is 19.7. The summed E-state index contributed by atoms with van der Waals surface area (Å²) in [5, 5.41) is 32.5. The number of nitrogen functional groups attached to an aromatic ring is 1. The zero-order valence-electron chi connectivity index (χ0n) is 14.9. The molecule has 1 fully saturated rings. The van der Waals surface area contributed by atoms with Gasteiger partial charge in [0.15, 0.2) is 11.9 Å². The number of aliphatic hydroxyl groups excluding tert-OH is 2. The maximum atomic E-state index is 12.4. The molecule has 0 saturated carbocycles. The number of rotatable bonds is 5. The van der Waals surface area contributed by atoms with Gasteiger partial charge in [0.1, 0.15) is 29.7 Å². The van der Waals surface area contributed by atoms with E-state index in [0.717, 1.165) is 4.34 Å². The van der Waals surface area contributed by atoms with Gasteiger partial charge < -0.3 is 30.7 Å². The number of aromatic nitrogens is 6. The Morgan fingerprint density at radius 2 is 2.10 bits per heavy atom. The number of nitrogens with two attached hydrogens (primary N) is 1. The Kier molecular flexibility index (Phi) is 4.77. The van der Waals surface area contributed by atoms with E-state index in [1.807, 2.05) is 0 Å². The van der Waals surface area contributed by atoms with Crippen molar-refractivity contribution in [1.82, 2.24) is 28.8 Å². The molecule has 1 aliphatic rings. The van der Waals surface area contributed by atoms with Crippen molar-refractivity contribution in [3.8, 4) is 5.88 Å². The van der Waals surface area contributed by atoms with Crippen molar-refractivity contribution in [2.45, 2.75) is 31.5 Å². The zero-order chi connectivity index (χ0) is 20.9. The molecular formula is C14H17N7O7P-. The number of nitrogens with zero attached hydrogens (tertiary/aromatic N) is 6. The van der Waals surface area contributed by atoms with Crippen molar-refractivity contribution in [3.05, 3.63) is 24.5 Å². The summed E-state index contributed by atoms with van der Waals surface area (Å²) in [7, 11) is -4.28. The first-order valence-corrected chi connectivity index (χ1v) is 9.89. The maximum absolute atomic E-state index is 12.4. The summed E-state index contributed by atoms with van der Waals surface area (Å²) in [6, 6.07) is 0. The fraction of sp³-hybridized carbons (Fsp3) is 0.429. The predicted molar refractivity (Wildman–Crippen MR) is 93.2 cm³/mol. The van der Waals surface area contributed by atoms with Crippen LogP contribution in [-0.4, -0.2) is 68.9 Å². The summed E-state index contributed by atoms with van der Waals surface area (Å²) in [6.07, 6.45) is -1.44. The highest BCUT2D eigenvalue weighted by molar-refractivity contribution is 7.51. The van der Waals surface area contributed by atoms with E-state index in [1.165, 1.54) is 30.2 Å². The molecule has 4 rings (SSSR count). The van der Waals surface area contributed by atoms with Crippen molar-refractivity contribution in [2.75, 3.05) is 12.3 Å². The van der Waals surface area contributed by atoms with Crippen molar-refractivity contribution < 1.29 is 34.0 Å². The van der Waals surface area contributed by atoms with E-state index in [-0.39, 0.29) is 22.9 Å². The number of aryl methyl sites for hydroxylation is 1. The lowest BCUT2D eigenvalue weighted by Gasteiger charge is -2.19.